The van der Waals surface area contributed by atoms with Gasteiger partial charge in [0.15, 0.2) is 6.10 Å². The van der Waals surface area contributed by atoms with Gasteiger partial charge in [0.25, 0.3) is 0 Å². The molecule has 1 atom stereocenters. The predicted molar refractivity (Wildman–Crippen MR) is 303 cm³/mol. The molecule has 0 aromatic carbocycles. The van der Waals surface area contributed by atoms with Crippen molar-refractivity contribution in [1.29, 1.82) is 0 Å². The summed E-state index contributed by atoms with van der Waals surface area (Å²) in [5, 5.41) is 0. The van der Waals surface area contributed by atoms with E-state index in [0.717, 1.165) is 57.8 Å². The number of carbonyl (C=O) groups is 3. The van der Waals surface area contributed by atoms with Crippen molar-refractivity contribution in [3.63, 3.8) is 0 Å². The van der Waals surface area contributed by atoms with E-state index < -0.39 is 6.10 Å². The Morgan fingerprint density at radius 1 is 0.271 bits per heavy atom. The highest BCUT2D eigenvalue weighted by Gasteiger charge is 2.19. The lowest BCUT2D eigenvalue weighted by Crippen LogP contribution is -2.30. The zero-order chi connectivity index (χ0) is 50.7. The van der Waals surface area contributed by atoms with Gasteiger partial charge in [-0.1, -0.05) is 283 Å². The summed E-state index contributed by atoms with van der Waals surface area (Å²) in [5.74, 6) is -0.863. The molecule has 0 N–H and O–H groups in total. The quantitative estimate of drug-likeness (QED) is 0.0261. The fraction of sp³-hybridized carbons (Fsp3) is 0.891. The molecule has 6 heteroatoms. The summed E-state index contributed by atoms with van der Waals surface area (Å²) in [6.45, 7) is 6.62. The number of ether oxygens (including phenoxy) is 3. The molecule has 0 fully saturated rings. The molecular weight excluding hydrogens is 865 g/mol. The van der Waals surface area contributed by atoms with Crippen LogP contribution in [0.5, 0.6) is 0 Å². The highest BCUT2D eigenvalue weighted by Crippen LogP contribution is 2.17. The fourth-order valence-electron chi connectivity index (χ4n) is 9.44. The average molecular weight is 986 g/mol. The van der Waals surface area contributed by atoms with Crippen LogP contribution in [0.4, 0.5) is 0 Å². The van der Waals surface area contributed by atoms with Crippen LogP contribution in [0.1, 0.15) is 348 Å². The van der Waals surface area contributed by atoms with Gasteiger partial charge in [-0.05, 0) is 70.6 Å². The molecule has 0 bridgehead atoms. The maximum atomic E-state index is 12.8. The van der Waals surface area contributed by atoms with Crippen LogP contribution in [0.2, 0.25) is 0 Å². The first-order valence-electron chi connectivity index (χ1n) is 31.3. The second-order valence-electron chi connectivity index (χ2n) is 21.3. The van der Waals surface area contributed by atoms with E-state index in [2.05, 4.69) is 45.1 Å². The number of unbranched alkanes of at least 4 members (excludes halogenated alkanes) is 43. The van der Waals surface area contributed by atoms with Crippen LogP contribution in [0, 0.1) is 0 Å². The predicted octanol–water partition coefficient (Wildman–Crippen LogP) is 21.1. The van der Waals surface area contributed by atoms with Gasteiger partial charge in [-0.3, -0.25) is 14.4 Å². The SMILES string of the molecule is CCCCCCCC/C=C\CCCCCCCCCC(=O)OC(COC(=O)CCCCCCCC)COC(=O)CCCCCCCCCCCCCCCCCCC/C=C\CCCCCCCCCC. The van der Waals surface area contributed by atoms with Crippen LogP contribution >= 0.6 is 0 Å². The average Bonchev–Trinajstić information content (AvgIpc) is 3.36. The molecular formula is C64H120O6. The van der Waals surface area contributed by atoms with Crippen LogP contribution in [-0.4, -0.2) is 37.2 Å². The number of allylic oxidation sites excluding steroid dienone is 4. The number of hydrogen-bond donors (Lipinski definition) is 0. The first-order chi connectivity index (χ1) is 34.5. The number of rotatable bonds is 58. The molecule has 0 spiro atoms. The summed E-state index contributed by atoms with van der Waals surface area (Å²) in [6.07, 6.45) is 70.9. The fourth-order valence-corrected chi connectivity index (χ4v) is 9.44. The first kappa shape index (κ1) is 67.9. The van der Waals surface area contributed by atoms with Gasteiger partial charge < -0.3 is 14.2 Å². The van der Waals surface area contributed by atoms with Crippen LogP contribution in [-0.2, 0) is 28.6 Å². The van der Waals surface area contributed by atoms with Crippen LogP contribution < -0.4 is 0 Å². The van der Waals surface area contributed by atoms with Gasteiger partial charge in [0.05, 0.1) is 0 Å². The van der Waals surface area contributed by atoms with E-state index in [1.54, 1.807) is 0 Å². The standard InChI is InChI=1S/C64H120O6/c1-4-7-10-13-16-18-20-22-24-26-27-28-29-30-31-32-33-34-35-36-37-39-40-42-44-46-48-51-54-57-63(66)69-60-61(59-68-62(65)56-53-50-15-12-9-6-3)70-64(67)58-55-52-49-47-45-43-41-38-25-23-21-19-17-14-11-8-5-2/h23,25-27,61H,4-22,24,28-60H2,1-3H3/b25-23-,27-26-. The topological polar surface area (TPSA) is 78.9 Å². The summed E-state index contributed by atoms with van der Waals surface area (Å²) in [4.78, 5) is 37.9. The van der Waals surface area contributed by atoms with E-state index in [4.69, 9.17) is 14.2 Å². The summed E-state index contributed by atoms with van der Waals surface area (Å²) >= 11 is 0. The van der Waals surface area contributed by atoms with Crippen molar-refractivity contribution in [2.24, 2.45) is 0 Å². The van der Waals surface area contributed by atoms with E-state index in [9.17, 15) is 14.4 Å². The smallest absolute Gasteiger partial charge is 0.306 e. The molecule has 0 saturated heterocycles. The molecule has 0 radical (unpaired) electrons. The van der Waals surface area contributed by atoms with Gasteiger partial charge >= 0.3 is 17.9 Å². The van der Waals surface area contributed by atoms with Crippen LogP contribution in [0.25, 0.3) is 0 Å². The van der Waals surface area contributed by atoms with Gasteiger partial charge in [-0.25, -0.2) is 0 Å². The molecule has 0 rings (SSSR count). The van der Waals surface area contributed by atoms with Gasteiger partial charge in [0.1, 0.15) is 13.2 Å². The van der Waals surface area contributed by atoms with Crippen molar-refractivity contribution in [3.05, 3.63) is 24.3 Å². The van der Waals surface area contributed by atoms with Crippen LogP contribution in [0.3, 0.4) is 0 Å². The highest BCUT2D eigenvalue weighted by atomic mass is 16.6. The van der Waals surface area contributed by atoms with Gasteiger partial charge in [0, 0.05) is 19.3 Å². The molecule has 1 unspecified atom stereocenters. The molecule has 0 aliphatic rings. The molecule has 412 valence electrons. The third-order valence-corrected chi connectivity index (χ3v) is 14.2. The zero-order valence-corrected chi connectivity index (χ0v) is 47.3. The maximum absolute atomic E-state index is 12.8. The molecule has 6 nitrogen and oxygen atoms in total. The van der Waals surface area contributed by atoms with Crippen molar-refractivity contribution in [1.82, 2.24) is 0 Å². The summed E-state index contributed by atoms with van der Waals surface area (Å²) in [6, 6.07) is 0. The Bertz CT molecular complexity index is 1130. The molecule has 0 amide bonds. The van der Waals surface area contributed by atoms with E-state index in [-0.39, 0.29) is 31.1 Å². The minimum atomic E-state index is -0.767. The number of esters is 3. The van der Waals surface area contributed by atoms with Crippen molar-refractivity contribution in [2.75, 3.05) is 13.2 Å². The normalized spacial score (nSPS) is 12.1. The Labute approximate surface area is 436 Å². The van der Waals surface area contributed by atoms with Crippen molar-refractivity contribution >= 4 is 17.9 Å². The van der Waals surface area contributed by atoms with Crippen molar-refractivity contribution in [2.45, 2.75) is 354 Å². The maximum Gasteiger partial charge on any atom is 0.306 e. The minimum Gasteiger partial charge on any atom is -0.462 e. The Balaban J connectivity index is 3.99. The van der Waals surface area contributed by atoms with E-state index >= 15 is 0 Å². The van der Waals surface area contributed by atoms with Gasteiger partial charge in [-0.15, -0.1) is 0 Å². The van der Waals surface area contributed by atoms with E-state index in [0.29, 0.717) is 19.3 Å². The Morgan fingerprint density at radius 3 is 0.714 bits per heavy atom. The molecule has 0 aromatic rings. The molecule has 0 saturated carbocycles. The largest absolute Gasteiger partial charge is 0.462 e. The second kappa shape index (κ2) is 59.5. The Hall–Kier alpha value is -2.11. The van der Waals surface area contributed by atoms with Crippen molar-refractivity contribution < 1.29 is 28.6 Å². The molecule has 0 aliphatic heterocycles. The van der Waals surface area contributed by atoms with Crippen molar-refractivity contribution in [3.8, 4) is 0 Å². The molecule has 0 heterocycles. The monoisotopic (exact) mass is 985 g/mol. The van der Waals surface area contributed by atoms with Gasteiger partial charge in [-0.2, -0.15) is 0 Å². The Kier molecular flexibility index (Phi) is 57.7. The summed E-state index contributed by atoms with van der Waals surface area (Å²) < 4.78 is 16.8. The van der Waals surface area contributed by atoms with Gasteiger partial charge in [0.2, 0.25) is 0 Å². The second-order valence-corrected chi connectivity index (χ2v) is 21.3. The molecule has 0 aliphatic carbocycles. The number of carbonyl (C=O) groups excluding carboxylic acids is 3. The Morgan fingerprint density at radius 2 is 0.471 bits per heavy atom. The lowest BCUT2D eigenvalue weighted by molar-refractivity contribution is -0.167. The number of hydrogen-bond acceptors (Lipinski definition) is 6. The third-order valence-electron chi connectivity index (χ3n) is 14.2. The zero-order valence-electron chi connectivity index (χ0n) is 47.3. The third kappa shape index (κ3) is 56.8. The van der Waals surface area contributed by atoms with Crippen LogP contribution in [0.15, 0.2) is 24.3 Å². The lowest BCUT2D eigenvalue weighted by atomic mass is 10.0. The molecule has 0 aromatic heterocycles. The summed E-state index contributed by atoms with van der Waals surface area (Å²) in [5.41, 5.74) is 0. The van der Waals surface area contributed by atoms with E-state index in [1.807, 2.05) is 0 Å². The summed E-state index contributed by atoms with van der Waals surface area (Å²) in [7, 11) is 0. The van der Waals surface area contributed by atoms with E-state index in [1.165, 1.54) is 250 Å². The molecule has 70 heavy (non-hydrogen) atoms. The first-order valence-corrected chi connectivity index (χ1v) is 31.3. The highest BCUT2D eigenvalue weighted by molar-refractivity contribution is 5.71. The minimum absolute atomic E-state index is 0.0686. The lowest BCUT2D eigenvalue weighted by Gasteiger charge is -2.18.